The summed E-state index contributed by atoms with van der Waals surface area (Å²) in [6, 6.07) is 24.4. The molecular weight excluding hydrogens is 466 g/mol. The summed E-state index contributed by atoms with van der Waals surface area (Å²) in [5, 5.41) is 10.4. The summed E-state index contributed by atoms with van der Waals surface area (Å²) in [5.41, 5.74) is 5.81. The second-order valence-corrected chi connectivity index (χ2v) is 9.82. The minimum absolute atomic E-state index is 0.126. The fraction of sp³-hybridized carbons (Fsp3) is 0.192. The van der Waals surface area contributed by atoms with Crippen molar-refractivity contribution in [2.75, 3.05) is 12.3 Å². The monoisotopic (exact) mass is 487 g/mol. The van der Waals surface area contributed by atoms with Crippen molar-refractivity contribution in [1.82, 2.24) is 24.1 Å². The van der Waals surface area contributed by atoms with Crippen LogP contribution in [0, 0.1) is 0 Å². The minimum Gasteiger partial charge on any atom is -0.337 e. The van der Waals surface area contributed by atoms with Gasteiger partial charge in [0.1, 0.15) is 0 Å². The van der Waals surface area contributed by atoms with E-state index >= 15 is 0 Å². The van der Waals surface area contributed by atoms with Crippen LogP contribution in [0.25, 0.3) is 16.8 Å². The Bertz CT molecular complexity index is 1510. The van der Waals surface area contributed by atoms with Crippen molar-refractivity contribution < 1.29 is 4.79 Å². The van der Waals surface area contributed by atoms with Gasteiger partial charge in [-0.2, -0.15) is 0 Å². The lowest BCUT2D eigenvalue weighted by atomic mass is 10.00. The molecule has 0 spiro atoms. The van der Waals surface area contributed by atoms with E-state index in [-0.39, 0.29) is 5.91 Å². The number of benzene rings is 3. The molecule has 8 heteroatoms. The van der Waals surface area contributed by atoms with E-state index in [1.807, 2.05) is 47.4 Å². The van der Waals surface area contributed by atoms with Gasteiger partial charge >= 0.3 is 0 Å². The number of rotatable bonds is 5. The van der Waals surface area contributed by atoms with Gasteiger partial charge in [-0.1, -0.05) is 71.9 Å². The normalized spacial score (nSPS) is 13.5. The molecule has 0 N–H and O–H groups in total. The molecule has 0 bridgehead atoms. The van der Waals surface area contributed by atoms with Gasteiger partial charge in [-0.3, -0.25) is 9.20 Å². The number of fused-ring (bicyclic) bond motifs is 4. The van der Waals surface area contributed by atoms with Gasteiger partial charge in [0.2, 0.25) is 11.7 Å². The number of hydrogen-bond acceptors (Lipinski definition) is 4. The summed E-state index contributed by atoms with van der Waals surface area (Å²) in [5.74, 6) is 1.22. The van der Waals surface area contributed by atoms with Crippen LogP contribution in [0.5, 0.6) is 0 Å². The molecule has 0 saturated heterocycles. The average Bonchev–Trinajstić information content (AvgIpc) is 3.43. The Labute approximate surface area is 206 Å². The Hall–Kier alpha value is -3.29. The predicted molar refractivity (Wildman–Crippen MR) is 135 cm³/mol. The van der Waals surface area contributed by atoms with Gasteiger partial charge in [0.15, 0.2) is 5.16 Å². The number of para-hydroxylation sites is 2. The van der Waals surface area contributed by atoms with Crippen molar-refractivity contribution >= 4 is 46.1 Å². The third kappa shape index (κ3) is 3.85. The molecular formula is C26H22ClN5OS. The highest BCUT2D eigenvalue weighted by Gasteiger charge is 2.22. The second-order valence-electron chi connectivity index (χ2n) is 8.44. The number of thioether (sulfide) groups is 1. The van der Waals surface area contributed by atoms with Crippen LogP contribution in [0.1, 0.15) is 16.7 Å². The van der Waals surface area contributed by atoms with Gasteiger partial charge in [0.25, 0.3) is 0 Å². The van der Waals surface area contributed by atoms with Crippen molar-refractivity contribution in [3.05, 3.63) is 94.5 Å². The molecule has 6 rings (SSSR count). The zero-order valence-corrected chi connectivity index (χ0v) is 20.0. The first-order chi connectivity index (χ1) is 16.7. The maximum atomic E-state index is 13.0. The highest BCUT2D eigenvalue weighted by molar-refractivity contribution is 7.99. The Kier molecular flexibility index (Phi) is 5.51. The lowest BCUT2D eigenvalue weighted by Crippen LogP contribution is -2.37. The maximum Gasteiger partial charge on any atom is 0.237 e. The standard InChI is InChI=1S/C26H22ClN5OS/c27-21-11-9-18(10-12-21)15-31-22-7-3-4-8-23(22)32-25(31)28-29-26(32)34-17-24(33)30-14-13-19-5-1-2-6-20(19)16-30/h1-12H,13-17H2. The zero-order chi connectivity index (χ0) is 23.1. The van der Waals surface area contributed by atoms with Gasteiger partial charge in [-0.05, 0) is 47.4 Å². The minimum atomic E-state index is 0.126. The molecule has 1 amide bonds. The van der Waals surface area contributed by atoms with Gasteiger partial charge in [0.05, 0.1) is 23.3 Å². The van der Waals surface area contributed by atoms with E-state index in [9.17, 15) is 4.79 Å². The third-order valence-corrected chi connectivity index (χ3v) is 7.50. The first-order valence-corrected chi connectivity index (χ1v) is 12.6. The molecule has 0 aliphatic carbocycles. The first kappa shape index (κ1) is 21.3. The van der Waals surface area contributed by atoms with Gasteiger partial charge in [-0.25, -0.2) is 0 Å². The van der Waals surface area contributed by atoms with Crippen LogP contribution in [0.15, 0.2) is 78.0 Å². The number of hydrogen-bond donors (Lipinski definition) is 0. The summed E-state index contributed by atoms with van der Waals surface area (Å²) in [6.45, 7) is 2.08. The molecule has 5 aromatic rings. The summed E-state index contributed by atoms with van der Waals surface area (Å²) < 4.78 is 4.20. The number of imidazole rings is 1. The quantitative estimate of drug-likeness (QED) is 0.325. The molecule has 34 heavy (non-hydrogen) atoms. The van der Waals surface area contributed by atoms with Crippen LogP contribution in [0.2, 0.25) is 5.02 Å². The number of carbonyl (C=O) groups is 1. The second kappa shape index (κ2) is 8.81. The topological polar surface area (TPSA) is 55.4 Å². The summed E-state index contributed by atoms with van der Waals surface area (Å²) in [7, 11) is 0. The summed E-state index contributed by atoms with van der Waals surface area (Å²) in [6.07, 6.45) is 0.903. The number of amides is 1. The molecule has 2 aromatic heterocycles. The van der Waals surface area contributed by atoms with Crippen molar-refractivity contribution in [3.63, 3.8) is 0 Å². The smallest absolute Gasteiger partial charge is 0.237 e. The third-order valence-electron chi connectivity index (χ3n) is 6.33. The van der Waals surface area contributed by atoms with Gasteiger partial charge in [-0.15, -0.1) is 10.2 Å². The van der Waals surface area contributed by atoms with Crippen LogP contribution < -0.4 is 0 Å². The molecule has 0 unspecified atom stereocenters. The van der Waals surface area contributed by atoms with Crippen LogP contribution in [0.4, 0.5) is 0 Å². The van der Waals surface area contributed by atoms with Crippen molar-refractivity contribution in [1.29, 1.82) is 0 Å². The fourth-order valence-corrected chi connectivity index (χ4v) is 5.55. The lowest BCUT2D eigenvalue weighted by molar-refractivity contribution is -0.129. The van der Waals surface area contributed by atoms with E-state index in [1.165, 1.54) is 22.9 Å². The van der Waals surface area contributed by atoms with E-state index in [4.69, 9.17) is 11.6 Å². The largest absolute Gasteiger partial charge is 0.337 e. The molecule has 3 heterocycles. The van der Waals surface area contributed by atoms with E-state index in [2.05, 4.69) is 49.5 Å². The molecule has 1 aliphatic heterocycles. The number of aromatic nitrogens is 4. The Balaban J connectivity index is 1.26. The van der Waals surface area contributed by atoms with E-state index in [0.717, 1.165) is 40.5 Å². The van der Waals surface area contributed by atoms with Crippen molar-refractivity contribution in [2.45, 2.75) is 24.7 Å². The highest BCUT2D eigenvalue weighted by atomic mass is 35.5. The van der Waals surface area contributed by atoms with Gasteiger partial charge < -0.3 is 9.47 Å². The maximum absolute atomic E-state index is 13.0. The van der Waals surface area contributed by atoms with Crippen LogP contribution >= 0.6 is 23.4 Å². The molecule has 0 radical (unpaired) electrons. The fourth-order valence-electron chi connectivity index (χ4n) is 4.59. The van der Waals surface area contributed by atoms with Crippen LogP contribution in [-0.4, -0.2) is 42.3 Å². The summed E-state index contributed by atoms with van der Waals surface area (Å²) >= 11 is 7.50. The zero-order valence-electron chi connectivity index (χ0n) is 18.4. The molecule has 170 valence electrons. The number of nitrogens with zero attached hydrogens (tertiary/aromatic N) is 5. The summed E-state index contributed by atoms with van der Waals surface area (Å²) in [4.78, 5) is 15.0. The molecule has 1 aliphatic rings. The van der Waals surface area contributed by atoms with E-state index in [0.29, 0.717) is 23.9 Å². The number of halogens is 1. The SMILES string of the molecule is O=C(CSc1nnc2n(Cc3ccc(Cl)cc3)c3ccccc3n12)N1CCc2ccccc2C1. The molecule has 0 fully saturated rings. The Morgan fingerprint density at radius 3 is 2.47 bits per heavy atom. The molecule has 6 nitrogen and oxygen atoms in total. The van der Waals surface area contributed by atoms with Gasteiger partial charge in [0, 0.05) is 18.1 Å². The average molecular weight is 488 g/mol. The molecule has 3 aromatic carbocycles. The molecule has 0 saturated carbocycles. The van der Waals surface area contributed by atoms with Crippen molar-refractivity contribution in [2.24, 2.45) is 0 Å². The molecule has 0 atom stereocenters. The first-order valence-electron chi connectivity index (χ1n) is 11.2. The van der Waals surface area contributed by atoms with E-state index in [1.54, 1.807) is 0 Å². The van der Waals surface area contributed by atoms with E-state index < -0.39 is 0 Å². The Morgan fingerprint density at radius 1 is 0.912 bits per heavy atom. The lowest BCUT2D eigenvalue weighted by Gasteiger charge is -2.28. The van der Waals surface area contributed by atoms with Crippen molar-refractivity contribution in [3.8, 4) is 0 Å². The highest BCUT2D eigenvalue weighted by Crippen LogP contribution is 2.27. The predicted octanol–water partition coefficient (Wildman–Crippen LogP) is 5.06. The number of carbonyl (C=O) groups excluding carboxylic acids is 1. The Morgan fingerprint density at radius 2 is 1.65 bits per heavy atom. The van der Waals surface area contributed by atoms with Crippen LogP contribution in [-0.2, 0) is 24.3 Å². The van der Waals surface area contributed by atoms with Crippen LogP contribution in [0.3, 0.4) is 0 Å².